The van der Waals surface area contributed by atoms with Gasteiger partial charge in [0.25, 0.3) is 0 Å². The highest BCUT2D eigenvalue weighted by Gasteiger charge is 2.27. The third-order valence-electron chi connectivity index (χ3n) is 4.99. The lowest BCUT2D eigenvalue weighted by Crippen LogP contribution is -2.41. The maximum Gasteiger partial charge on any atom is 0.0704 e. The lowest BCUT2D eigenvalue weighted by Gasteiger charge is -2.37. The summed E-state index contributed by atoms with van der Waals surface area (Å²) in [5, 5.41) is 0. The minimum atomic E-state index is 0.446. The molecule has 0 saturated carbocycles. The van der Waals surface area contributed by atoms with Crippen molar-refractivity contribution in [1.82, 2.24) is 4.90 Å². The van der Waals surface area contributed by atoms with Gasteiger partial charge in [0.2, 0.25) is 0 Å². The van der Waals surface area contributed by atoms with E-state index in [9.17, 15) is 0 Å². The molecular formula is C17H31NO2. The topological polar surface area (TPSA) is 21.7 Å². The van der Waals surface area contributed by atoms with Crippen molar-refractivity contribution >= 4 is 0 Å². The summed E-state index contributed by atoms with van der Waals surface area (Å²) in [5.74, 6) is 1.62. The second-order valence-corrected chi connectivity index (χ2v) is 6.47. The average molecular weight is 281 g/mol. The van der Waals surface area contributed by atoms with Crippen LogP contribution >= 0.6 is 0 Å². The van der Waals surface area contributed by atoms with Crippen molar-refractivity contribution in [1.29, 1.82) is 0 Å². The van der Waals surface area contributed by atoms with E-state index in [1.807, 2.05) is 0 Å². The first-order valence-corrected chi connectivity index (χ1v) is 8.20. The van der Waals surface area contributed by atoms with Crippen LogP contribution in [0.25, 0.3) is 0 Å². The summed E-state index contributed by atoms with van der Waals surface area (Å²) in [6, 6.07) is 0. The normalized spacial score (nSPS) is 29.4. The zero-order valence-electron chi connectivity index (χ0n) is 13.4. The lowest BCUT2D eigenvalue weighted by molar-refractivity contribution is -0.0170. The van der Waals surface area contributed by atoms with E-state index in [0.717, 1.165) is 18.4 Å². The SMILES string of the molecule is COCCOC1CCN(C[C@H]2C(C)=CCC[C@H]2C)CC1. The minimum absolute atomic E-state index is 0.446. The van der Waals surface area contributed by atoms with Gasteiger partial charge in [0.1, 0.15) is 0 Å². The van der Waals surface area contributed by atoms with Gasteiger partial charge in [0, 0.05) is 26.7 Å². The zero-order valence-corrected chi connectivity index (χ0v) is 13.4. The molecule has 0 spiro atoms. The van der Waals surface area contributed by atoms with E-state index in [-0.39, 0.29) is 0 Å². The molecule has 0 aromatic heterocycles. The van der Waals surface area contributed by atoms with Gasteiger partial charge in [-0.25, -0.2) is 0 Å². The molecule has 0 bridgehead atoms. The van der Waals surface area contributed by atoms with Crippen molar-refractivity contribution in [3.63, 3.8) is 0 Å². The van der Waals surface area contributed by atoms with Crippen LogP contribution in [0, 0.1) is 11.8 Å². The second kappa shape index (κ2) is 8.16. The summed E-state index contributed by atoms with van der Waals surface area (Å²) in [7, 11) is 1.73. The van der Waals surface area contributed by atoms with Gasteiger partial charge >= 0.3 is 0 Å². The van der Waals surface area contributed by atoms with Crippen LogP contribution in [-0.4, -0.2) is 51.0 Å². The van der Waals surface area contributed by atoms with Gasteiger partial charge < -0.3 is 14.4 Å². The Bertz CT molecular complexity index is 308. The second-order valence-electron chi connectivity index (χ2n) is 6.47. The van der Waals surface area contributed by atoms with E-state index in [1.165, 1.54) is 45.3 Å². The van der Waals surface area contributed by atoms with Gasteiger partial charge in [-0.1, -0.05) is 18.6 Å². The molecule has 1 aliphatic heterocycles. The van der Waals surface area contributed by atoms with Crippen LogP contribution in [0.15, 0.2) is 11.6 Å². The van der Waals surface area contributed by atoms with Gasteiger partial charge in [-0.05, 0) is 44.4 Å². The zero-order chi connectivity index (χ0) is 14.4. The van der Waals surface area contributed by atoms with Crippen molar-refractivity contribution in [2.75, 3.05) is 40.0 Å². The molecular weight excluding hydrogens is 250 g/mol. The Morgan fingerprint density at radius 1 is 1.20 bits per heavy atom. The van der Waals surface area contributed by atoms with Crippen LogP contribution in [-0.2, 0) is 9.47 Å². The van der Waals surface area contributed by atoms with Gasteiger partial charge in [0.05, 0.1) is 19.3 Å². The summed E-state index contributed by atoms with van der Waals surface area (Å²) in [6.45, 7) is 9.81. The first-order chi connectivity index (χ1) is 9.70. The van der Waals surface area contributed by atoms with Crippen LogP contribution in [0.3, 0.4) is 0 Å². The van der Waals surface area contributed by atoms with E-state index < -0.39 is 0 Å². The van der Waals surface area contributed by atoms with Gasteiger partial charge in [-0.2, -0.15) is 0 Å². The Balaban J connectivity index is 1.71. The molecule has 1 aliphatic carbocycles. The molecule has 1 heterocycles. The molecule has 20 heavy (non-hydrogen) atoms. The smallest absolute Gasteiger partial charge is 0.0704 e. The number of nitrogens with zero attached hydrogens (tertiary/aromatic N) is 1. The van der Waals surface area contributed by atoms with E-state index in [0.29, 0.717) is 12.7 Å². The number of likely N-dealkylation sites (tertiary alicyclic amines) is 1. The summed E-state index contributed by atoms with van der Waals surface area (Å²) >= 11 is 0. The van der Waals surface area contributed by atoms with Crippen molar-refractivity contribution in [2.24, 2.45) is 11.8 Å². The Hall–Kier alpha value is -0.380. The predicted molar refractivity (Wildman–Crippen MR) is 82.9 cm³/mol. The summed E-state index contributed by atoms with van der Waals surface area (Å²) < 4.78 is 10.9. The number of piperidine rings is 1. The molecule has 2 rings (SSSR count). The molecule has 0 aromatic carbocycles. The lowest BCUT2D eigenvalue weighted by atomic mass is 9.79. The molecule has 2 atom stereocenters. The third kappa shape index (κ3) is 4.57. The fourth-order valence-electron chi connectivity index (χ4n) is 3.53. The Morgan fingerprint density at radius 3 is 2.60 bits per heavy atom. The van der Waals surface area contributed by atoms with Crippen LogP contribution in [0.5, 0.6) is 0 Å². The fourth-order valence-corrected chi connectivity index (χ4v) is 3.53. The van der Waals surface area contributed by atoms with Crippen molar-refractivity contribution in [3.05, 3.63) is 11.6 Å². The maximum absolute atomic E-state index is 5.84. The first-order valence-electron chi connectivity index (χ1n) is 8.20. The standard InChI is InChI=1S/C17H31NO2/c1-14-5-4-6-15(2)17(14)13-18-9-7-16(8-10-18)20-12-11-19-3/h5,15-17H,4,6-13H2,1-3H3/t15-,17+/m1/s1. The van der Waals surface area contributed by atoms with Crippen LogP contribution < -0.4 is 0 Å². The third-order valence-corrected chi connectivity index (χ3v) is 4.99. The van der Waals surface area contributed by atoms with Crippen LogP contribution in [0.2, 0.25) is 0 Å². The Morgan fingerprint density at radius 2 is 1.95 bits per heavy atom. The number of ether oxygens (including phenoxy) is 2. The molecule has 1 saturated heterocycles. The Kier molecular flexibility index (Phi) is 6.53. The Labute approximate surface area is 124 Å². The molecule has 116 valence electrons. The van der Waals surface area contributed by atoms with E-state index >= 15 is 0 Å². The molecule has 0 N–H and O–H groups in total. The van der Waals surface area contributed by atoms with E-state index in [4.69, 9.17) is 9.47 Å². The van der Waals surface area contributed by atoms with E-state index in [1.54, 1.807) is 12.7 Å². The number of rotatable bonds is 6. The van der Waals surface area contributed by atoms with Gasteiger partial charge in [-0.3, -0.25) is 0 Å². The minimum Gasteiger partial charge on any atom is -0.382 e. The highest BCUT2D eigenvalue weighted by molar-refractivity contribution is 5.09. The summed E-state index contributed by atoms with van der Waals surface area (Å²) in [6.07, 6.45) is 7.88. The monoisotopic (exact) mass is 281 g/mol. The quantitative estimate of drug-likeness (QED) is 0.551. The van der Waals surface area contributed by atoms with Gasteiger partial charge in [0.15, 0.2) is 0 Å². The van der Waals surface area contributed by atoms with Gasteiger partial charge in [-0.15, -0.1) is 0 Å². The molecule has 2 aliphatic rings. The number of allylic oxidation sites excluding steroid dienone is 1. The molecule has 1 fully saturated rings. The highest BCUT2D eigenvalue weighted by Crippen LogP contribution is 2.31. The van der Waals surface area contributed by atoms with Crippen molar-refractivity contribution in [2.45, 2.75) is 45.6 Å². The number of hydrogen-bond donors (Lipinski definition) is 0. The summed E-state index contributed by atoms with van der Waals surface area (Å²) in [5.41, 5.74) is 1.61. The molecule has 3 nitrogen and oxygen atoms in total. The van der Waals surface area contributed by atoms with Crippen molar-refractivity contribution in [3.8, 4) is 0 Å². The molecule has 0 unspecified atom stereocenters. The largest absolute Gasteiger partial charge is 0.382 e. The number of methoxy groups -OCH3 is 1. The molecule has 0 radical (unpaired) electrons. The summed E-state index contributed by atoms with van der Waals surface area (Å²) in [4.78, 5) is 2.64. The number of hydrogen-bond acceptors (Lipinski definition) is 3. The predicted octanol–water partition coefficient (Wildman–Crippen LogP) is 3.11. The fraction of sp³-hybridized carbons (Fsp3) is 0.882. The highest BCUT2D eigenvalue weighted by atomic mass is 16.5. The molecule has 0 amide bonds. The van der Waals surface area contributed by atoms with Crippen LogP contribution in [0.1, 0.15) is 39.5 Å². The van der Waals surface area contributed by atoms with Crippen LogP contribution in [0.4, 0.5) is 0 Å². The maximum atomic E-state index is 5.84. The van der Waals surface area contributed by atoms with E-state index in [2.05, 4.69) is 24.8 Å². The first kappa shape index (κ1) is 16.0. The van der Waals surface area contributed by atoms with Crippen molar-refractivity contribution < 1.29 is 9.47 Å². The molecule has 0 aromatic rings. The molecule has 3 heteroatoms. The average Bonchev–Trinajstić information content (AvgIpc) is 2.45.